The van der Waals surface area contributed by atoms with Gasteiger partial charge in [-0.15, -0.1) is 10.2 Å². The van der Waals surface area contributed by atoms with Crippen molar-refractivity contribution in [1.29, 1.82) is 0 Å². The molecular formula is C14H19N5O. The lowest BCUT2D eigenvalue weighted by Crippen LogP contribution is -2.30. The molecule has 1 fully saturated rings. The van der Waals surface area contributed by atoms with E-state index in [4.69, 9.17) is 4.74 Å². The van der Waals surface area contributed by atoms with Crippen LogP contribution in [0.4, 0.5) is 5.69 Å². The van der Waals surface area contributed by atoms with Crippen molar-refractivity contribution in [3.63, 3.8) is 0 Å². The van der Waals surface area contributed by atoms with E-state index in [0.717, 1.165) is 24.1 Å². The van der Waals surface area contributed by atoms with Crippen molar-refractivity contribution in [1.82, 2.24) is 20.6 Å². The SMILES string of the molecule is COC1CCCC(Nc2cccc(-c3nn[nH]n3)c2)C1. The highest BCUT2D eigenvalue weighted by molar-refractivity contribution is 5.61. The molecule has 20 heavy (non-hydrogen) atoms. The van der Waals surface area contributed by atoms with Gasteiger partial charge in [-0.3, -0.25) is 0 Å². The van der Waals surface area contributed by atoms with Crippen LogP contribution in [0.2, 0.25) is 0 Å². The average Bonchev–Trinajstić information content (AvgIpc) is 3.02. The minimum absolute atomic E-state index is 0.377. The Labute approximate surface area is 117 Å². The summed E-state index contributed by atoms with van der Waals surface area (Å²) in [5, 5.41) is 17.7. The van der Waals surface area contributed by atoms with E-state index in [1.165, 1.54) is 12.8 Å². The minimum Gasteiger partial charge on any atom is -0.382 e. The number of ether oxygens (including phenoxy) is 1. The normalized spacial score (nSPS) is 22.6. The highest BCUT2D eigenvalue weighted by atomic mass is 16.5. The molecule has 0 saturated heterocycles. The van der Waals surface area contributed by atoms with Gasteiger partial charge in [0.05, 0.1) is 6.10 Å². The molecule has 1 aromatic carbocycles. The highest BCUT2D eigenvalue weighted by Crippen LogP contribution is 2.25. The maximum Gasteiger partial charge on any atom is 0.204 e. The molecule has 2 N–H and O–H groups in total. The summed E-state index contributed by atoms with van der Waals surface area (Å²) in [6.07, 6.45) is 5.00. The summed E-state index contributed by atoms with van der Waals surface area (Å²) in [6, 6.07) is 8.58. The number of H-pyrrole nitrogens is 1. The molecule has 2 atom stereocenters. The average molecular weight is 273 g/mol. The van der Waals surface area contributed by atoms with Gasteiger partial charge in [0.1, 0.15) is 0 Å². The Kier molecular flexibility index (Phi) is 3.92. The Hall–Kier alpha value is -1.95. The first-order valence-corrected chi connectivity index (χ1v) is 6.98. The van der Waals surface area contributed by atoms with Crippen LogP contribution in [0.5, 0.6) is 0 Å². The van der Waals surface area contributed by atoms with Crippen LogP contribution in [-0.2, 0) is 4.74 Å². The topological polar surface area (TPSA) is 75.7 Å². The van der Waals surface area contributed by atoms with Crippen LogP contribution >= 0.6 is 0 Å². The molecule has 2 aromatic rings. The van der Waals surface area contributed by atoms with Gasteiger partial charge in [-0.05, 0) is 43.0 Å². The van der Waals surface area contributed by atoms with Crippen LogP contribution in [0.25, 0.3) is 11.4 Å². The van der Waals surface area contributed by atoms with E-state index in [-0.39, 0.29) is 0 Å². The molecule has 0 spiro atoms. The van der Waals surface area contributed by atoms with Crippen LogP contribution in [-0.4, -0.2) is 39.9 Å². The lowest BCUT2D eigenvalue weighted by Gasteiger charge is -2.29. The molecule has 1 aromatic heterocycles. The summed E-state index contributed by atoms with van der Waals surface area (Å²) in [4.78, 5) is 0. The van der Waals surface area contributed by atoms with Gasteiger partial charge in [0.25, 0.3) is 0 Å². The number of hydrogen-bond acceptors (Lipinski definition) is 5. The fourth-order valence-corrected chi connectivity index (χ4v) is 2.76. The van der Waals surface area contributed by atoms with Crippen molar-refractivity contribution in [2.75, 3.05) is 12.4 Å². The Morgan fingerprint density at radius 1 is 1.35 bits per heavy atom. The number of hydrogen-bond donors (Lipinski definition) is 2. The van der Waals surface area contributed by atoms with E-state index in [0.29, 0.717) is 18.0 Å². The summed E-state index contributed by atoms with van der Waals surface area (Å²) in [6.45, 7) is 0. The second-order valence-corrected chi connectivity index (χ2v) is 5.18. The van der Waals surface area contributed by atoms with E-state index in [2.05, 4.69) is 38.1 Å². The van der Waals surface area contributed by atoms with Gasteiger partial charge in [0.2, 0.25) is 5.82 Å². The number of nitrogens with zero attached hydrogens (tertiary/aromatic N) is 3. The van der Waals surface area contributed by atoms with Crippen LogP contribution in [0, 0.1) is 0 Å². The number of aromatic amines is 1. The predicted molar refractivity (Wildman–Crippen MR) is 76.3 cm³/mol. The van der Waals surface area contributed by atoms with Crippen LogP contribution in [0.1, 0.15) is 25.7 Å². The Morgan fingerprint density at radius 3 is 3.10 bits per heavy atom. The number of tetrazole rings is 1. The van der Waals surface area contributed by atoms with Crippen LogP contribution in [0.15, 0.2) is 24.3 Å². The second-order valence-electron chi connectivity index (χ2n) is 5.18. The first-order valence-electron chi connectivity index (χ1n) is 6.98. The zero-order valence-corrected chi connectivity index (χ0v) is 11.5. The smallest absolute Gasteiger partial charge is 0.204 e. The minimum atomic E-state index is 0.377. The number of anilines is 1. The predicted octanol–water partition coefficient (Wildman–Crippen LogP) is 2.24. The van der Waals surface area contributed by atoms with E-state index < -0.39 is 0 Å². The number of aromatic nitrogens is 4. The largest absolute Gasteiger partial charge is 0.382 e. The second kappa shape index (κ2) is 6.00. The summed E-state index contributed by atoms with van der Waals surface area (Å²) in [5.74, 6) is 0.618. The summed E-state index contributed by atoms with van der Waals surface area (Å²) in [5.41, 5.74) is 2.05. The first kappa shape index (κ1) is 13.1. The van der Waals surface area contributed by atoms with E-state index >= 15 is 0 Å². The van der Waals surface area contributed by atoms with Crippen molar-refractivity contribution < 1.29 is 4.74 Å². The molecule has 1 saturated carbocycles. The van der Waals surface area contributed by atoms with Gasteiger partial charge in [0.15, 0.2) is 0 Å². The standard InChI is InChI=1S/C14H19N5O/c1-20-13-7-3-6-12(9-13)15-11-5-2-4-10(8-11)14-16-18-19-17-14/h2,4-5,8,12-13,15H,3,6-7,9H2,1H3,(H,16,17,18,19). The highest BCUT2D eigenvalue weighted by Gasteiger charge is 2.21. The van der Waals surface area contributed by atoms with Gasteiger partial charge < -0.3 is 10.1 Å². The molecule has 106 valence electrons. The lowest BCUT2D eigenvalue weighted by atomic mass is 9.92. The number of rotatable bonds is 4. The molecule has 1 aliphatic carbocycles. The molecule has 0 radical (unpaired) electrons. The fraction of sp³-hybridized carbons (Fsp3) is 0.500. The van der Waals surface area contributed by atoms with E-state index in [1.807, 2.05) is 12.1 Å². The zero-order chi connectivity index (χ0) is 13.8. The number of methoxy groups -OCH3 is 1. The van der Waals surface area contributed by atoms with Crippen molar-refractivity contribution in [2.45, 2.75) is 37.8 Å². The van der Waals surface area contributed by atoms with Crippen LogP contribution in [0.3, 0.4) is 0 Å². The van der Waals surface area contributed by atoms with E-state index in [1.54, 1.807) is 7.11 Å². The van der Waals surface area contributed by atoms with Gasteiger partial charge in [0, 0.05) is 24.4 Å². The quantitative estimate of drug-likeness (QED) is 0.893. The van der Waals surface area contributed by atoms with Gasteiger partial charge in [-0.1, -0.05) is 12.1 Å². The summed E-state index contributed by atoms with van der Waals surface area (Å²) >= 11 is 0. The molecule has 0 aliphatic heterocycles. The maximum atomic E-state index is 5.47. The summed E-state index contributed by atoms with van der Waals surface area (Å²) in [7, 11) is 1.80. The fourth-order valence-electron chi connectivity index (χ4n) is 2.76. The molecule has 2 unspecified atom stereocenters. The molecule has 0 bridgehead atoms. The molecule has 0 amide bonds. The number of nitrogens with one attached hydrogen (secondary N) is 2. The zero-order valence-electron chi connectivity index (χ0n) is 11.5. The third-order valence-electron chi connectivity index (χ3n) is 3.80. The molecule has 6 heteroatoms. The van der Waals surface area contributed by atoms with Gasteiger partial charge in [-0.2, -0.15) is 5.21 Å². The van der Waals surface area contributed by atoms with Crippen LogP contribution < -0.4 is 5.32 Å². The molecule has 6 nitrogen and oxygen atoms in total. The van der Waals surface area contributed by atoms with Crippen molar-refractivity contribution in [2.24, 2.45) is 0 Å². The third-order valence-corrected chi connectivity index (χ3v) is 3.80. The monoisotopic (exact) mass is 273 g/mol. The molecular weight excluding hydrogens is 254 g/mol. The van der Waals surface area contributed by atoms with Crippen molar-refractivity contribution >= 4 is 5.69 Å². The first-order chi connectivity index (χ1) is 9.85. The summed E-state index contributed by atoms with van der Waals surface area (Å²) < 4.78 is 5.47. The van der Waals surface area contributed by atoms with Gasteiger partial charge >= 0.3 is 0 Å². The molecule has 1 heterocycles. The van der Waals surface area contributed by atoms with Crippen molar-refractivity contribution in [3.8, 4) is 11.4 Å². The lowest BCUT2D eigenvalue weighted by molar-refractivity contribution is 0.0669. The van der Waals surface area contributed by atoms with Crippen molar-refractivity contribution in [3.05, 3.63) is 24.3 Å². The van der Waals surface area contributed by atoms with Gasteiger partial charge in [-0.25, -0.2) is 0 Å². The molecule has 3 rings (SSSR count). The number of benzene rings is 1. The maximum absolute atomic E-state index is 5.47. The molecule has 1 aliphatic rings. The Balaban J connectivity index is 1.70. The van der Waals surface area contributed by atoms with E-state index in [9.17, 15) is 0 Å². The Bertz CT molecular complexity index is 542. The third kappa shape index (κ3) is 2.96. The Morgan fingerprint density at radius 2 is 2.30 bits per heavy atom.